The van der Waals surface area contributed by atoms with E-state index in [-0.39, 0.29) is 5.41 Å². The second kappa shape index (κ2) is 11.2. The van der Waals surface area contributed by atoms with Gasteiger partial charge in [0.05, 0.1) is 11.4 Å². The molecule has 0 N–H and O–H groups in total. The summed E-state index contributed by atoms with van der Waals surface area (Å²) < 4.78 is 3.81. The van der Waals surface area contributed by atoms with Crippen LogP contribution in [0.4, 0.5) is 17.1 Å². The van der Waals surface area contributed by atoms with Gasteiger partial charge in [-0.05, 0) is 54.1 Å². The number of rotatable bonds is 4. The average Bonchev–Trinajstić information content (AvgIpc) is 3.75. The number of thiophene rings is 2. The van der Waals surface area contributed by atoms with Crippen LogP contribution < -0.4 is 4.90 Å². The van der Waals surface area contributed by atoms with E-state index >= 15 is 0 Å². The zero-order valence-electron chi connectivity index (χ0n) is 27.5. The first-order valence-corrected chi connectivity index (χ1v) is 18.4. The van der Waals surface area contributed by atoms with Gasteiger partial charge in [0.1, 0.15) is 0 Å². The van der Waals surface area contributed by atoms with E-state index in [0.717, 1.165) is 22.4 Å². The number of nitrogens with zero attached hydrogens (tertiary/aromatic N) is 4. The Morgan fingerprint density at radius 3 is 1.76 bits per heavy atom. The van der Waals surface area contributed by atoms with Crippen LogP contribution in [0.3, 0.4) is 0 Å². The molecule has 4 heterocycles. The molecular weight excluding hydrogens is 649 g/mol. The number of hydrogen-bond acceptors (Lipinski definition) is 6. The van der Waals surface area contributed by atoms with Crippen LogP contribution in [-0.4, -0.2) is 15.0 Å². The molecule has 0 spiro atoms. The molecule has 10 rings (SSSR count). The van der Waals surface area contributed by atoms with Crippen molar-refractivity contribution in [2.24, 2.45) is 0 Å². The fourth-order valence-electron chi connectivity index (χ4n) is 7.37. The van der Waals surface area contributed by atoms with Crippen molar-refractivity contribution in [1.29, 1.82) is 0 Å². The molecule has 0 fully saturated rings. The second-order valence-corrected chi connectivity index (χ2v) is 15.4. The molecule has 238 valence electrons. The first kappa shape index (κ1) is 29.2. The summed E-state index contributed by atoms with van der Waals surface area (Å²) in [4.78, 5) is 18.8. The van der Waals surface area contributed by atoms with E-state index in [1.54, 1.807) is 0 Å². The molecule has 0 amide bonds. The maximum Gasteiger partial charge on any atom is 0.164 e. The fourth-order valence-corrected chi connectivity index (χ4v) is 9.74. The van der Waals surface area contributed by atoms with E-state index < -0.39 is 0 Å². The van der Waals surface area contributed by atoms with E-state index in [9.17, 15) is 0 Å². The van der Waals surface area contributed by atoms with Gasteiger partial charge in [-0.1, -0.05) is 111 Å². The van der Waals surface area contributed by atoms with Crippen LogP contribution in [0.15, 0.2) is 146 Å². The van der Waals surface area contributed by atoms with Crippen LogP contribution >= 0.6 is 22.7 Å². The number of benzene rings is 6. The van der Waals surface area contributed by atoms with Crippen molar-refractivity contribution in [3.05, 3.63) is 156 Å². The quantitative estimate of drug-likeness (QED) is 0.186. The highest BCUT2D eigenvalue weighted by Crippen LogP contribution is 2.57. The number of anilines is 3. The summed E-state index contributed by atoms with van der Waals surface area (Å²) in [5.41, 5.74) is 7.82. The molecule has 0 radical (unpaired) electrons. The van der Waals surface area contributed by atoms with Crippen LogP contribution in [-0.2, 0) is 5.41 Å². The molecule has 0 saturated carbocycles. The Labute approximate surface area is 298 Å². The van der Waals surface area contributed by atoms with E-state index in [1.807, 2.05) is 83.3 Å². The summed E-state index contributed by atoms with van der Waals surface area (Å²) in [7, 11) is 0. The average molecular weight is 679 g/mol. The molecule has 4 nitrogen and oxygen atoms in total. The van der Waals surface area contributed by atoms with Crippen LogP contribution in [0.1, 0.15) is 24.3 Å². The van der Waals surface area contributed by atoms with Gasteiger partial charge in [0.15, 0.2) is 17.5 Å². The predicted octanol–water partition coefficient (Wildman–Crippen LogP) is 12.6. The molecule has 1 aliphatic heterocycles. The van der Waals surface area contributed by atoms with Crippen LogP contribution in [0.25, 0.3) is 64.4 Å². The summed E-state index contributed by atoms with van der Waals surface area (Å²) in [6.07, 6.45) is 0. The van der Waals surface area contributed by atoms with E-state index in [4.69, 9.17) is 15.0 Å². The normalized spacial score (nSPS) is 13.5. The van der Waals surface area contributed by atoms with Gasteiger partial charge in [0.25, 0.3) is 0 Å². The summed E-state index contributed by atoms with van der Waals surface area (Å²) in [5.74, 6) is 1.99. The van der Waals surface area contributed by atoms with Crippen LogP contribution in [0.2, 0.25) is 0 Å². The summed E-state index contributed by atoms with van der Waals surface area (Å²) in [5, 5.41) is 3.73. The minimum absolute atomic E-state index is 0.109. The van der Waals surface area contributed by atoms with Crippen molar-refractivity contribution in [2.45, 2.75) is 19.3 Å². The van der Waals surface area contributed by atoms with Crippen molar-refractivity contribution in [2.75, 3.05) is 4.90 Å². The molecule has 0 atom stereocenters. The van der Waals surface area contributed by atoms with Gasteiger partial charge >= 0.3 is 0 Å². The lowest BCUT2D eigenvalue weighted by Crippen LogP contribution is -2.29. The number of fused-ring (bicyclic) bond motifs is 7. The Kier molecular flexibility index (Phi) is 6.53. The van der Waals surface area contributed by atoms with Gasteiger partial charge in [-0.15, -0.1) is 22.7 Å². The minimum Gasteiger partial charge on any atom is -0.308 e. The van der Waals surface area contributed by atoms with Crippen LogP contribution in [0, 0.1) is 0 Å². The lowest BCUT2D eigenvalue weighted by Gasteiger charge is -2.40. The number of para-hydroxylation sites is 1. The molecule has 0 unspecified atom stereocenters. The van der Waals surface area contributed by atoms with Crippen molar-refractivity contribution >= 4 is 70.0 Å². The van der Waals surface area contributed by atoms with Gasteiger partial charge in [-0.2, -0.15) is 0 Å². The monoisotopic (exact) mass is 678 g/mol. The number of aromatic nitrogens is 3. The van der Waals surface area contributed by atoms with E-state index in [2.05, 4.69) is 104 Å². The molecule has 0 bridgehead atoms. The van der Waals surface area contributed by atoms with Gasteiger partial charge in [0, 0.05) is 62.9 Å². The van der Waals surface area contributed by atoms with Gasteiger partial charge in [-0.25, -0.2) is 15.0 Å². The minimum atomic E-state index is -0.109. The molecule has 6 aromatic carbocycles. The summed E-state index contributed by atoms with van der Waals surface area (Å²) in [6, 6.07) is 51.6. The van der Waals surface area contributed by atoms with Crippen molar-refractivity contribution in [3.63, 3.8) is 0 Å². The zero-order chi connectivity index (χ0) is 33.4. The Morgan fingerprint density at radius 1 is 0.480 bits per heavy atom. The molecule has 50 heavy (non-hydrogen) atoms. The topological polar surface area (TPSA) is 41.9 Å². The summed E-state index contributed by atoms with van der Waals surface area (Å²) in [6.45, 7) is 4.73. The Morgan fingerprint density at radius 2 is 1.04 bits per heavy atom. The Hall–Kier alpha value is -5.69. The van der Waals surface area contributed by atoms with Gasteiger partial charge in [-0.3, -0.25) is 0 Å². The Bertz CT molecular complexity index is 2690. The largest absolute Gasteiger partial charge is 0.308 e. The van der Waals surface area contributed by atoms with Crippen molar-refractivity contribution in [3.8, 4) is 34.2 Å². The van der Waals surface area contributed by atoms with Gasteiger partial charge < -0.3 is 4.90 Å². The number of hydrogen-bond donors (Lipinski definition) is 0. The first-order chi connectivity index (χ1) is 24.5. The SMILES string of the molecule is CC1(C)c2ccccc2N(c2ccc3sc4ccc(-c5nc(-c6ccccc6)nc(-c6ccccc6)n5)cc4c3c2)c2c1sc1ccccc21. The smallest absolute Gasteiger partial charge is 0.164 e. The highest BCUT2D eigenvalue weighted by atomic mass is 32.1. The summed E-state index contributed by atoms with van der Waals surface area (Å²) >= 11 is 3.74. The zero-order valence-corrected chi connectivity index (χ0v) is 29.1. The third-order valence-electron chi connectivity index (χ3n) is 9.85. The third kappa shape index (κ3) is 4.53. The first-order valence-electron chi connectivity index (χ1n) is 16.8. The van der Waals surface area contributed by atoms with E-state index in [1.165, 1.54) is 52.1 Å². The van der Waals surface area contributed by atoms with Crippen LogP contribution in [0.5, 0.6) is 0 Å². The molecule has 6 heteroatoms. The molecule has 0 saturated heterocycles. The third-order valence-corrected chi connectivity index (χ3v) is 12.5. The highest BCUT2D eigenvalue weighted by molar-refractivity contribution is 7.25. The lowest BCUT2D eigenvalue weighted by atomic mass is 9.78. The maximum atomic E-state index is 5.02. The fraction of sp³-hybridized carbons (Fsp3) is 0.0682. The molecular formula is C44H30N4S2. The standard InChI is InChI=1S/C44H30N4S2/c1-44(2)34-18-10-11-19-35(34)48(39-31-17-9-12-20-36(31)50-40(39)44)30-22-24-38-33(26-30)32-25-29(21-23-37(32)49-38)43-46-41(27-13-5-3-6-14-27)45-42(47-43)28-15-7-4-8-16-28/h3-26H,1-2H3. The Balaban J connectivity index is 1.16. The molecule has 9 aromatic rings. The molecule has 1 aliphatic rings. The van der Waals surface area contributed by atoms with Gasteiger partial charge in [0.2, 0.25) is 0 Å². The maximum absolute atomic E-state index is 5.02. The van der Waals surface area contributed by atoms with Crippen molar-refractivity contribution in [1.82, 2.24) is 15.0 Å². The second-order valence-electron chi connectivity index (χ2n) is 13.3. The predicted molar refractivity (Wildman–Crippen MR) is 211 cm³/mol. The molecule has 0 aliphatic carbocycles. The highest BCUT2D eigenvalue weighted by Gasteiger charge is 2.39. The molecule has 3 aromatic heterocycles. The van der Waals surface area contributed by atoms with Crippen molar-refractivity contribution < 1.29 is 0 Å². The van der Waals surface area contributed by atoms with E-state index in [0.29, 0.717) is 17.5 Å². The lowest BCUT2D eigenvalue weighted by molar-refractivity contribution is 0.647.